The van der Waals surface area contributed by atoms with Gasteiger partial charge in [0.2, 0.25) is 5.76 Å². The minimum absolute atomic E-state index is 0.175. The van der Waals surface area contributed by atoms with Crippen LogP contribution < -0.4 is 5.32 Å². The number of aryl methyl sites for hydroxylation is 1. The molecule has 22 heavy (non-hydrogen) atoms. The first kappa shape index (κ1) is 14.1. The molecule has 0 radical (unpaired) electrons. The third-order valence-electron chi connectivity index (χ3n) is 3.34. The Kier molecular flexibility index (Phi) is 3.78. The van der Waals surface area contributed by atoms with Gasteiger partial charge in [-0.2, -0.15) is 0 Å². The molecule has 5 heteroatoms. The van der Waals surface area contributed by atoms with Crippen LogP contribution in [0.3, 0.4) is 0 Å². The van der Waals surface area contributed by atoms with Gasteiger partial charge in [-0.1, -0.05) is 35.5 Å². The summed E-state index contributed by atoms with van der Waals surface area (Å²) in [6.45, 7) is 3.71. The van der Waals surface area contributed by atoms with Crippen LogP contribution in [0.5, 0.6) is 0 Å². The molecule has 0 aliphatic rings. The Morgan fingerprint density at radius 3 is 2.64 bits per heavy atom. The van der Waals surface area contributed by atoms with Crippen LogP contribution in [0.2, 0.25) is 0 Å². The minimum Gasteiger partial charge on any atom is -0.464 e. The third kappa shape index (κ3) is 2.93. The lowest BCUT2D eigenvalue weighted by Gasteiger charge is -2.09. The van der Waals surface area contributed by atoms with Crippen LogP contribution in [0.15, 0.2) is 57.5 Å². The molecule has 2 heterocycles. The van der Waals surface area contributed by atoms with E-state index in [1.165, 1.54) is 0 Å². The number of benzene rings is 1. The predicted molar refractivity (Wildman–Crippen MR) is 81.3 cm³/mol. The van der Waals surface area contributed by atoms with Crippen LogP contribution in [0.1, 0.15) is 35.0 Å². The van der Waals surface area contributed by atoms with Crippen molar-refractivity contribution >= 4 is 5.91 Å². The summed E-state index contributed by atoms with van der Waals surface area (Å²) in [4.78, 5) is 12.2. The molecule has 1 amide bonds. The Balaban J connectivity index is 1.72. The van der Waals surface area contributed by atoms with E-state index in [4.69, 9.17) is 8.94 Å². The van der Waals surface area contributed by atoms with Crippen molar-refractivity contribution in [2.75, 3.05) is 0 Å². The molecular formula is C17H16N2O3. The number of aromatic nitrogens is 1. The summed E-state index contributed by atoms with van der Waals surface area (Å²) >= 11 is 0. The highest BCUT2D eigenvalue weighted by Crippen LogP contribution is 2.20. The van der Waals surface area contributed by atoms with Crippen molar-refractivity contribution in [2.24, 2.45) is 0 Å². The highest BCUT2D eigenvalue weighted by Gasteiger charge is 2.18. The fourth-order valence-electron chi connectivity index (χ4n) is 2.15. The van der Waals surface area contributed by atoms with E-state index >= 15 is 0 Å². The quantitative estimate of drug-likeness (QED) is 0.796. The van der Waals surface area contributed by atoms with Crippen LogP contribution in [0, 0.1) is 6.92 Å². The largest absolute Gasteiger partial charge is 0.464 e. The zero-order chi connectivity index (χ0) is 15.5. The molecule has 1 aromatic carbocycles. The lowest BCUT2D eigenvalue weighted by Crippen LogP contribution is -2.25. The predicted octanol–water partition coefficient (Wildman–Crippen LogP) is 3.73. The van der Waals surface area contributed by atoms with Crippen molar-refractivity contribution in [3.63, 3.8) is 0 Å². The maximum absolute atomic E-state index is 12.2. The second-order valence-corrected chi connectivity index (χ2v) is 5.09. The van der Waals surface area contributed by atoms with Gasteiger partial charge in [-0.25, -0.2) is 0 Å². The van der Waals surface area contributed by atoms with E-state index < -0.39 is 0 Å². The number of nitrogens with zero attached hydrogens (tertiary/aromatic N) is 1. The van der Waals surface area contributed by atoms with Crippen LogP contribution in [0.25, 0.3) is 11.3 Å². The maximum atomic E-state index is 12.2. The number of carbonyl (C=O) groups excluding carboxylic acids is 1. The van der Waals surface area contributed by atoms with Gasteiger partial charge in [0.1, 0.15) is 17.2 Å². The fourth-order valence-corrected chi connectivity index (χ4v) is 2.15. The average Bonchev–Trinajstić information content (AvgIpc) is 3.17. The number of hydrogen-bond acceptors (Lipinski definition) is 4. The Bertz CT molecular complexity index is 774. The first-order valence-corrected chi connectivity index (χ1v) is 7.03. The summed E-state index contributed by atoms with van der Waals surface area (Å²) in [5.74, 6) is 1.36. The van der Waals surface area contributed by atoms with Gasteiger partial charge in [-0.15, -0.1) is 0 Å². The highest BCUT2D eigenvalue weighted by molar-refractivity contribution is 5.92. The molecule has 3 aromatic rings. The van der Waals surface area contributed by atoms with Gasteiger partial charge < -0.3 is 14.3 Å². The fraction of sp³-hybridized carbons (Fsp3) is 0.176. The summed E-state index contributed by atoms with van der Waals surface area (Å²) in [6, 6.07) is 14.6. The number of nitrogens with one attached hydrogen (secondary N) is 1. The van der Waals surface area contributed by atoms with Gasteiger partial charge in [0.15, 0.2) is 0 Å². The zero-order valence-corrected chi connectivity index (χ0v) is 12.4. The number of rotatable bonds is 4. The first-order valence-electron chi connectivity index (χ1n) is 7.03. The van der Waals surface area contributed by atoms with Crippen molar-refractivity contribution in [1.82, 2.24) is 10.5 Å². The van der Waals surface area contributed by atoms with Gasteiger partial charge in [-0.3, -0.25) is 4.79 Å². The van der Waals surface area contributed by atoms with Gasteiger partial charge in [0.05, 0.1) is 6.04 Å². The smallest absolute Gasteiger partial charge is 0.290 e. The van der Waals surface area contributed by atoms with Crippen LogP contribution >= 0.6 is 0 Å². The SMILES string of the molecule is Cc1ccc(C(C)NC(=O)c2cc(-c3ccccc3)no2)o1. The van der Waals surface area contributed by atoms with Crippen molar-refractivity contribution in [1.29, 1.82) is 0 Å². The average molecular weight is 296 g/mol. The van der Waals surface area contributed by atoms with Crippen molar-refractivity contribution < 1.29 is 13.7 Å². The Morgan fingerprint density at radius 2 is 1.95 bits per heavy atom. The molecule has 1 N–H and O–H groups in total. The second kappa shape index (κ2) is 5.89. The molecule has 0 aliphatic heterocycles. The molecule has 0 aliphatic carbocycles. The summed E-state index contributed by atoms with van der Waals surface area (Å²) in [7, 11) is 0. The van der Waals surface area contributed by atoms with E-state index in [9.17, 15) is 4.79 Å². The molecule has 112 valence electrons. The Hall–Kier alpha value is -2.82. The third-order valence-corrected chi connectivity index (χ3v) is 3.34. The summed E-state index contributed by atoms with van der Waals surface area (Å²) < 4.78 is 10.6. The zero-order valence-electron chi connectivity index (χ0n) is 12.4. The summed E-state index contributed by atoms with van der Waals surface area (Å²) in [6.07, 6.45) is 0. The topological polar surface area (TPSA) is 68.3 Å². The van der Waals surface area contributed by atoms with Gasteiger partial charge in [0.25, 0.3) is 5.91 Å². The molecule has 0 fully saturated rings. The molecule has 2 aromatic heterocycles. The second-order valence-electron chi connectivity index (χ2n) is 5.09. The van der Waals surface area contributed by atoms with Gasteiger partial charge in [-0.05, 0) is 26.0 Å². The lowest BCUT2D eigenvalue weighted by atomic mass is 10.1. The van der Waals surface area contributed by atoms with E-state index in [1.807, 2.05) is 56.3 Å². The van der Waals surface area contributed by atoms with Gasteiger partial charge in [0, 0.05) is 11.6 Å². The number of furan rings is 1. The van der Waals surface area contributed by atoms with Crippen molar-refractivity contribution in [2.45, 2.75) is 19.9 Å². The first-order chi connectivity index (χ1) is 10.6. The molecule has 5 nitrogen and oxygen atoms in total. The van der Waals surface area contributed by atoms with E-state index in [0.29, 0.717) is 11.5 Å². The molecule has 3 rings (SSSR count). The monoisotopic (exact) mass is 296 g/mol. The molecule has 0 bridgehead atoms. The molecule has 1 atom stereocenters. The number of carbonyl (C=O) groups is 1. The van der Waals surface area contributed by atoms with E-state index in [1.54, 1.807) is 6.07 Å². The van der Waals surface area contributed by atoms with E-state index in [-0.39, 0.29) is 17.7 Å². The van der Waals surface area contributed by atoms with Crippen LogP contribution in [-0.4, -0.2) is 11.1 Å². The highest BCUT2D eigenvalue weighted by atomic mass is 16.5. The number of hydrogen-bond donors (Lipinski definition) is 1. The van der Waals surface area contributed by atoms with E-state index in [2.05, 4.69) is 10.5 Å². The number of amides is 1. The Labute approximate surface area is 127 Å². The standard InChI is InChI=1S/C17H16N2O3/c1-11-8-9-15(21-11)12(2)18-17(20)16-10-14(19-22-16)13-6-4-3-5-7-13/h3-10,12H,1-2H3,(H,18,20). The van der Waals surface area contributed by atoms with Crippen LogP contribution in [-0.2, 0) is 0 Å². The molecular weight excluding hydrogens is 280 g/mol. The van der Waals surface area contributed by atoms with Crippen molar-refractivity contribution in [3.05, 3.63) is 65.8 Å². The maximum Gasteiger partial charge on any atom is 0.290 e. The molecule has 0 spiro atoms. The van der Waals surface area contributed by atoms with Crippen molar-refractivity contribution in [3.8, 4) is 11.3 Å². The minimum atomic E-state index is -0.323. The normalized spacial score (nSPS) is 12.1. The molecule has 0 saturated carbocycles. The van der Waals surface area contributed by atoms with E-state index in [0.717, 1.165) is 11.3 Å². The van der Waals surface area contributed by atoms with Gasteiger partial charge >= 0.3 is 0 Å². The summed E-state index contributed by atoms with van der Waals surface area (Å²) in [5.41, 5.74) is 1.53. The Morgan fingerprint density at radius 1 is 1.18 bits per heavy atom. The summed E-state index contributed by atoms with van der Waals surface area (Å²) in [5, 5.41) is 6.76. The van der Waals surface area contributed by atoms with Crippen LogP contribution in [0.4, 0.5) is 0 Å². The molecule has 0 saturated heterocycles. The molecule has 1 unspecified atom stereocenters. The lowest BCUT2D eigenvalue weighted by molar-refractivity contribution is 0.0898.